The second-order valence-electron chi connectivity index (χ2n) is 4.33. The molecule has 1 aromatic heterocycles. The lowest BCUT2D eigenvalue weighted by Gasteiger charge is -2.26. The minimum absolute atomic E-state index is 0.104. The Kier molecular flexibility index (Phi) is 3.05. The summed E-state index contributed by atoms with van der Waals surface area (Å²) in [6, 6.07) is 0.402. The first-order chi connectivity index (χ1) is 7.20. The number of rotatable bonds is 2. The number of carbonyl (C=O) groups excluding carboxylic acids is 1. The maximum absolute atomic E-state index is 12.1. The van der Waals surface area contributed by atoms with Gasteiger partial charge in [-0.2, -0.15) is 0 Å². The third-order valence-corrected chi connectivity index (χ3v) is 3.57. The molecular formula is C11H16N2OS. The molecule has 4 heteroatoms. The van der Waals surface area contributed by atoms with Gasteiger partial charge >= 0.3 is 0 Å². The van der Waals surface area contributed by atoms with Crippen LogP contribution >= 0.6 is 11.3 Å². The van der Waals surface area contributed by atoms with Crippen LogP contribution in [0.4, 0.5) is 0 Å². The molecule has 1 unspecified atom stereocenters. The van der Waals surface area contributed by atoms with E-state index in [0.29, 0.717) is 17.7 Å². The topological polar surface area (TPSA) is 33.2 Å². The predicted octanol–water partition coefficient (Wildman–Crippen LogP) is 2.40. The molecule has 1 aromatic rings. The van der Waals surface area contributed by atoms with Gasteiger partial charge in [-0.1, -0.05) is 13.8 Å². The van der Waals surface area contributed by atoms with Gasteiger partial charge in [-0.3, -0.25) is 4.79 Å². The zero-order valence-corrected chi connectivity index (χ0v) is 9.96. The number of amides is 1. The lowest BCUT2D eigenvalue weighted by atomic mass is 10.0. The standard InChI is InChI=1S/C11H16N2OS/c1-8(2)10-4-3-5-13(10)11(14)9-6-15-7-12-9/h6-8,10H,3-5H2,1-2H3. The van der Waals surface area contributed by atoms with Gasteiger partial charge in [-0.05, 0) is 18.8 Å². The highest BCUT2D eigenvalue weighted by molar-refractivity contribution is 7.07. The summed E-state index contributed by atoms with van der Waals surface area (Å²) in [4.78, 5) is 18.2. The van der Waals surface area contributed by atoms with Crippen LogP contribution in [0.25, 0.3) is 0 Å². The molecule has 1 saturated heterocycles. The minimum atomic E-state index is 0.104. The highest BCUT2D eigenvalue weighted by atomic mass is 32.1. The van der Waals surface area contributed by atoms with E-state index in [2.05, 4.69) is 18.8 Å². The van der Waals surface area contributed by atoms with Crippen LogP contribution in [0.2, 0.25) is 0 Å². The van der Waals surface area contributed by atoms with Gasteiger partial charge < -0.3 is 4.90 Å². The van der Waals surface area contributed by atoms with Gasteiger partial charge in [0.1, 0.15) is 5.69 Å². The molecule has 0 bridgehead atoms. The Morgan fingerprint density at radius 1 is 1.67 bits per heavy atom. The zero-order chi connectivity index (χ0) is 10.8. The van der Waals surface area contributed by atoms with Gasteiger partial charge in [-0.15, -0.1) is 11.3 Å². The Morgan fingerprint density at radius 2 is 2.47 bits per heavy atom. The summed E-state index contributed by atoms with van der Waals surface area (Å²) in [5, 5.41) is 1.83. The second-order valence-corrected chi connectivity index (χ2v) is 5.04. The van der Waals surface area contributed by atoms with Crippen LogP contribution < -0.4 is 0 Å². The first kappa shape index (κ1) is 10.6. The van der Waals surface area contributed by atoms with Crippen LogP contribution in [-0.2, 0) is 0 Å². The van der Waals surface area contributed by atoms with Crippen molar-refractivity contribution in [3.8, 4) is 0 Å². The average Bonchev–Trinajstić information content (AvgIpc) is 2.88. The third-order valence-electron chi connectivity index (χ3n) is 2.98. The fraction of sp³-hybridized carbons (Fsp3) is 0.636. The Labute approximate surface area is 94.1 Å². The molecule has 0 saturated carbocycles. The molecule has 2 rings (SSSR count). The van der Waals surface area contributed by atoms with Gasteiger partial charge in [0.2, 0.25) is 0 Å². The van der Waals surface area contributed by atoms with Crippen molar-refractivity contribution in [2.24, 2.45) is 5.92 Å². The number of hydrogen-bond donors (Lipinski definition) is 0. The highest BCUT2D eigenvalue weighted by Gasteiger charge is 2.31. The number of thiazole rings is 1. The third kappa shape index (κ3) is 2.04. The van der Waals surface area contributed by atoms with Crippen molar-refractivity contribution in [1.29, 1.82) is 0 Å². The molecule has 1 atom stereocenters. The number of hydrogen-bond acceptors (Lipinski definition) is 3. The van der Waals surface area contributed by atoms with Gasteiger partial charge in [0.15, 0.2) is 0 Å². The molecule has 1 aliphatic rings. The Hall–Kier alpha value is -0.900. The van der Waals surface area contributed by atoms with E-state index in [4.69, 9.17) is 0 Å². The number of carbonyl (C=O) groups is 1. The molecule has 0 aromatic carbocycles. The van der Waals surface area contributed by atoms with Crippen molar-refractivity contribution in [2.75, 3.05) is 6.54 Å². The smallest absolute Gasteiger partial charge is 0.273 e. The molecule has 0 radical (unpaired) electrons. The largest absolute Gasteiger partial charge is 0.334 e. The summed E-state index contributed by atoms with van der Waals surface area (Å²) in [6.45, 7) is 5.24. The Balaban J connectivity index is 2.13. The van der Waals surface area contributed by atoms with E-state index >= 15 is 0 Å². The van der Waals surface area contributed by atoms with Crippen LogP contribution in [0, 0.1) is 5.92 Å². The molecule has 82 valence electrons. The summed E-state index contributed by atoms with van der Waals surface area (Å²) in [5.41, 5.74) is 2.32. The highest BCUT2D eigenvalue weighted by Crippen LogP contribution is 2.25. The molecule has 15 heavy (non-hydrogen) atoms. The molecule has 0 spiro atoms. The van der Waals surface area contributed by atoms with Gasteiger partial charge in [-0.25, -0.2) is 4.98 Å². The molecule has 2 heterocycles. The Bertz CT molecular complexity index is 334. The van der Waals surface area contributed by atoms with Crippen molar-refractivity contribution >= 4 is 17.2 Å². The first-order valence-corrected chi connectivity index (χ1v) is 6.33. The zero-order valence-electron chi connectivity index (χ0n) is 9.14. The maximum Gasteiger partial charge on any atom is 0.273 e. The SMILES string of the molecule is CC(C)C1CCCN1C(=O)c1cscn1. The van der Waals surface area contributed by atoms with Gasteiger partial charge in [0, 0.05) is 18.0 Å². The molecular weight excluding hydrogens is 208 g/mol. The lowest BCUT2D eigenvalue weighted by molar-refractivity contribution is 0.0696. The van der Waals surface area contributed by atoms with E-state index in [9.17, 15) is 4.79 Å². The van der Waals surface area contributed by atoms with Gasteiger partial charge in [0.05, 0.1) is 5.51 Å². The number of aromatic nitrogens is 1. The number of likely N-dealkylation sites (tertiary alicyclic amines) is 1. The summed E-state index contributed by atoms with van der Waals surface area (Å²) in [6.07, 6.45) is 2.26. The van der Waals surface area contributed by atoms with Crippen molar-refractivity contribution in [3.63, 3.8) is 0 Å². The molecule has 0 N–H and O–H groups in total. The van der Waals surface area contributed by atoms with Crippen LogP contribution in [0.5, 0.6) is 0 Å². The summed E-state index contributed by atoms with van der Waals surface area (Å²) in [7, 11) is 0. The van der Waals surface area contributed by atoms with Crippen LogP contribution in [0.1, 0.15) is 37.2 Å². The lowest BCUT2D eigenvalue weighted by Crippen LogP contribution is -2.38. The number of nitrogens with zero attached hydrogens (tertiary/aromatic N) is 2. The van der Waals surface area contributed by atoms with Crippen molar-refractivity contribution < 1.29 is 4.79 Å². The molecule has 3 nitrogen and oxygen atoms in total. The second kappa shape index (κ2) is 4.31. The predicted molar refractivity (Wildman–Crippen MR) is 61.0 cm³/mol. The minimum Gasteiger partial charge on any atom is -0.334 e. The average molecular weight is 224 g/mol. The van der Waals surface area contributed by atoms with E-state index in [1.54, 1.807) is 5.51 Å². The Morgan fingerprint density at radius 3 is 3.07 bits per heavy atom. The van der Waals surface area contributed by atoms with E-state index < -0.39 is 0 Å². The molecule has 1 fully saturated rings. The summed E-state index contributed by atoms with van der Waals surface area (Å²) < 4.78 is 0. The maximum atomic E-state index is 12.1. The van der Waals surface area contributed by atoms with Crippen molar-refractivity contribution in [1.82, 2.24) is 9.88 Å². The van der Waals surface area contributed by atoms with E-state index in [1.165, 1.54) is 11.3 Å². The summed E-state index contributed by atoms with van der Waals surface area (Å²) >= 11 is 1.48. The fourth-order valence-electron chi connectivity index (χ4n) is 2.20. The van der Waals surface area contributed by atoms with Crippen LogP contribution in [-0.4, -0.2) is 28.4 Å². The van der Waals surface area contributed by atoms with E-state index in [1.807, 2.05) is 10.3 Å². The summed E-state index contributed by atoms with van der Waals surface area (Å²) in [5.74, 6) is 0.641. The molecule has 0 aliphatic carbocycles. The normalized spacial score (nSPS) is 21.3. The molecule has 1 aliphatic heterocycles. The van der Waals surface area contributed by atoms with Crippen LogP contribution in [0.15, 0.2) is 10.9 Å². The van der Waals surface area contributed by atoms with Crippen molar-refractivity contribution in [2.45, 2.75) is 32.7 Å². The van der Waals surface area contributed by atoms with Gasteiger partial charge in [0.25, 0.3) is 5.91 Å². The first-order valence-electron chi connectivity index (χ1n) is 5.39. The monoisotopic (exact) mass is 224 g/mol. The quantitative estimate of drug-likeness (QED) is 0.773. The molecule has 1 amide bonds. The van der Waals surface area contributed by atoms with Crippen molar-refractivity contribution in [3.05, 3.63) is 16.6 Å². The van der Waals surface area contributed by atoms with Crippen LogP contribution in [0.3, 0.4) is 0 Å². The fourth-order valence-corrected chi connectivity index (χ4v) is 2.73. The van der Waals surface area contributed by atoms with E-state index in [0.717, 1.165) is 19.4 Å². The van der Waals surface area contributed by atoms with E-state index in [-0.39, 0.29) is 5.91 Å².